The van der Waals surface area contributed by atoms with Crippen LogP contribution in [-0.2, 0) is 16.6 Å². The molecule has 0 fully saturated rings. The van der Waals surface area contributed by atoms with Crippen molar-refractivity contribution in [1.82, 2.24) is 14.2 Å². The molecule has 7 nitrogen and oxygen atoms in total. The quantitative estimate of drug-likeness (QED) is 0.746. The van der Waals surface area contributed by atoms with E-state index in [1.54, 1.807) is 16.8 Å². The van der Waals surface area contributed by atoms with E-state index in [0.29, 0.717) is 17.9 Å². The molecule has 0 saturated carbocycles. The zero-order valence-electron chi connectivity index (χ0n) is 12.1. The normalized spacial score (nSPS) is 11.8. The van der Waals surface area contributed by atoms with Crippen LogP contribution in [0.2, 0.25) is 0 Å². The van der Waals surface area contributed by atoms with Gasteiger partial charge in [0.1, 0.15) is 5.69 Å². The molecule has 1 amide bonds. The van der Waals surface area contributed by atoms with Gasteiger partial charge in [0.25, 0.3) is 5.91 Å². The van der Waals surface area contributed by atoms with Crippen molar-refractivity contribution < 1.29 is 13.2 Å². The third-order valence-electron chi connectivity index (χ3n) is 2.82. The van der Waals surface area contributed by atoms with Crippen LogP contribution in [0, 0.1) is 0 Å². The molecule has 0 saturated heterocycles. The third kappa shape index (κ3) is 4.24. The van der Waals surface area contributed by atoms with Crippen molar-refractivity contribution in [3.05, 3.63) is 18.0 Å². The van der Waals surface area contributed by atoms with Gasteiger partial charge in [-0.2, -0.15) is 0 Å². The second kappa shape index (κ2) is 6.76. The summed E-state index contributed by atoms with van der Waals surface area (Å²) in [5, 5.41) is 2.60. The number of hydrogen-bond donors (Lipinski definition) is 2. The molecule has 1 heterocycles. The van der Waals surface area contributed by atoms with Crippen LogP contribution in [-0.4, -0.2) is 49.6 Å². The lowest BCUT2D eigenvalue weighted by Gasteiger charge is -2.12. The lowest BCUT2D eigenvalue weighted by molar-refractivity contribution is 0.0946. The summed E-state index contributed by atoms with van der Waals surface area (Å²) in [5.74, 6) is -0.445. The highest BCUT2D eigenvalue weighted by Crippen LogP contribution is 2.11. The Hall–Kier alpha value is -1.54. The van der Waals surface area contributed by atoms with Crippen LogP contribution in [0.5, 0.6) is 0 Å². The van der Waals surface area contributed by atoms with Gasteiger partial charge < -0.3 is 15.6 Å². The van der Waals surface area contributed by atoms with E-state index in [1.807, 2.05) is 6.92 Å². The van der Waals surface area contributed by atoms with Gasteiger partial charge in [-0.05, 0) is 12.5 Å². The number of nitrogens with one attached hydrogen (secondary N) is 1. The number of amides is 1. The molecule has 8 heteroatoms. The number of sulfonamides is 1. The number of rotatable bonds is 7. The molecule has 0 aliphatic carbocycles. The first-order valence-electron chi connectivity index (χ1n) is 6.42. The van der Waals surface area contributed by atoms with Gasteiger partial charge in [-0.15, -0.1) is 0 Å². The first kappa shape index (κ1) is 16.5. The van der Waals surface area contributed by atoms with Gasteiger partial charge >= 0.3 is 0 Å². The zero-order valence-corrected chi connectivity index (χ0v) is 12.9. The molecular formula is C12H22N4O3S. The van der Waals surface area contributed by atoms with Crippen LogP contribution >= 0.6 is 0 Å². The van der Waals surface area contributed by atoms with E-state index < -0.39 is 10.0 Å². The maximum absolute atomic E-state index is 12.0. The summed E-state index contributed by atoms with van der Waals surface area (Å²) < 4.78 is 26.0. The number of aromatic nitrogens is 1. The third-order valence-corrected chi connectivity index (χ3v) is 4.65. The highest BCUT2D eigenvalue weighted by atomic mass is 32.2. The van der Waals surface area contributed by atoms with Crippen molar-refractivity contribution >= 4 is 21.6 Å². The standard InChI is InChI=1S/C12H22N4O3S/c1-4-6-16-9-10(13)8-11(16)12(17)14-5-7-20(18,19)15(2)3/h8-9H,4-7,13H2,1-3H3,(H,14,17). The fraction of sp³-hybridized carbons (Fsp3) is 0.583. The van der Waals surface area contributed by atoms with E-state index in [9.17, 15) is 13.2 Å². The number of carbonyl (C=O) groups excluding carboxylic acids is 1. The van der Waals surface area contributed by atoms with Gasteiger partial charge in [-0.1, -0.05) is 6.92 Å². The maximum atomic E-state index is 12.0. The molecule has 0 unspecified atom stereocenters. The number of nitrogens with zero attached hydrogens (tertiary/aromatic N) is 2. The zero-order chi connectivity index (χ0) is 15.3. The Morgan fingerprint density at radius 2 is 2.10 bits per heavy atom. The fourth-order valence-corrected chi connectivity index (χ4v) is 2.44. The summed E-state index contributed by atoms with van der Waals surface area (Å²) in [6, 6.07) is 1.59. The summed E-state index contributed by atoms with van der Waals surface area (Å²) in [6.45, 7) is 2.76. The lowest BCUT2D eigenvalue weighted by atomic mass is 10.3. The van der Waals surface area contributed by atoms with Crippen LogP contribution in [0.4, 0.5) is 5.69 Å². The Bertz CT molecular complexity index is 563. The fourth-order valence-electron chi connectivity index (χ4n) is 1.72. The minimum absolute atomic E-state index is 0.0660. The van der Waals surface area contributed by atoms with E-state index >= 15 is 0 Å². The van der Waals surface area contributed by atoms with Crippen LogP contribution in [0.15, 0.2) is 12.3 Å². The van der Waals surface area contributed by atoms with Gasteiger partial charge in [0, 0.05) is 33.4 Å². The monoisotopic (exact) mass is 302 g/mol. The molecule has 0 aromatic carbocycles. The number of hydrogen-bond acceptors (Lipinski definition) is 4. The molecule has 3 N–H and O–H groups in total. The van der Waals surface area contributed by atoms with E-state index in [-0.39, 0.29) is 18.2 Å². The van der Waals surface area contributed by atoms with Crippen molar-refractivity contribution in [2.24, 2.45) is 0 Å². The Labute approximate surface area is 119 Å². The van der Waals surface area contributed by atoms with Crippen molar-refractivity contribution in [2.75, 3.05) is 32.1 Å². The van der Waals surface area contributed by atoms with Crippen molar-refractivity contribution in [3.63, 3.8) is 0 Å². The van der Waals surface area contributed by atoms with Crippen molar-refractivity contribution in [2.45, 2.75) is 19.9 Å². The summed E-state index contributed by atoms with van der Waals surface area (Å²) in [4.78, 5) is 12.0. The average Bonchev–Trinajstić information content (AvgIpc) is 2.70. The molecule has 0 aliphatic rings. The molecule has 1 aromatic rings. The highest BCUT2D eigenvalue weighted by molar-refractivity contribution is 7.89. The first-order valence-corrected chi connectivity index (χ1v) is 8.03. The summed E-state index contributed by atoms with van der Waals surface area (Å²) in [5.41, 5.74) is 6.65. The van der Waals surface area contributed by atoms with Gasteiger partial charge in [-0.3, -0.25) is 4.79 Å². The number of nitrogen functional groups attached to an aromatic ring is 1. The summed E-state index contributed by atoms with van der Waals surface area (Å²) >= 11 is 0. The average molecular weight is 302 g/mol. The smallest absolute Gasteiger partial charge is 0.268 e. The van der Waals surface area contributed by atoms with Crippen LogP contribution in [0.1, 0.15) is 23.8 Å². The number of carbonyl (C=O) groups is 1. The maximum Gasteiger partial charge on any atom is 0.268 e. The van der Waals surface area contributed by atoms with Crippen molar-refractivity contribution in [3.8, 4) is 0 Å². The Morgan fingerprint density at radius 3 is 2.65 bits per heavy atom. The Balaban J connectivity index is 2.64. The number of aryl methyl sites for hydroxylation is 1. The number of nitrogens with two attached hydrogens (primary N) is 1. The molecule has 1 aromatic heterocycles. The highest BCUT2D eigenvalue weighted by Gasteiger charge is 2.16. The predicted octanol–water partition coefficient (Wildman–Crippen LogP) is 0.102. The predicted molar refractivity (Wildman–Crippen MR) is 78.9 cm³/mol. The van der Waals surface area contributed by atoms with Crippen LogP contribution in [0.25, 0.3) is 0 Å². The van der Waals surface area contributed by atoms with Gasteiger partial charge in [0.2, 0.25) is 10.0 Å². The summed E-state index contributed by atoms with van der Waals surface area (Å²) in [6.07, 6.45) is 2.58. The molecule has 0 atom stereocenters. The molecule has 20 heavy (non-hydrogen) atoms. The van der Waals surface area contributed by atoms with E-state index in [2.05, 4.69) is 5.32 Å². The van der Waals surface area contributed by atoms with E-state index in [1.165, 1.54) is 14.1 Å². The number of anilines is 1. The second-order valence-electron chi connectivity index (χ2n) is 4.71. The van der Waals surface area contributed by atoms with E-state index in [0.717, 1.165) is 10.7 Å². The molecule has 0 radical (unpaired) electrons. The molecule has 0 spiro atoms. The van der Waals surface area contributed by atoms with E-state index in [4.69, 9.17) is 5.73 Å². The van der Waals surface area contributed by atoms with Crippen LogP contribution in [0.3, 0.4) is 0 Å². The lowest BCUT2D eigenvalue weighted by Crippen LogP contribution is -2.34. The van der Waals surface area contributed by atoms with Crippen LogP contribution < -0.4 is 11.1 Å². The van der Waals surface area contributed by atoms with Gasteiger partial charge in [0.05, 0.1) is 11.4 Å². The molecular weight excluding hydrogens is 280 g/mol. The second-order valence-corrected chi connectivity index (χ2v) is 7.01. The van der Waals surface area contributed by atoms with Gasteiger partial charge in [0.15, 0.2) is 0 Å². The minimum atomic E-state index is -3.30. The van der Waals surface area contributed by atoms with Crippen molar-refractivity contribution in [1.29, 1.82) is 0 Å². The topological polar surface area (TPSA) is 97.4 Å². The molecule has 1 rings (SSSR count). The first-order chi connectivity index (χ1) is 9.27. The van der Waals surface area contributed by atoms with Gasteiger partial charge in [-0.25, -0.2) is 12.7 Å². The molecule has 0 bridgehead atoms. The molecule has 0 aliphatic heterocycles. The summed E-state index contributed by atoms with van der Waals surface area (Å²) in [7, 11) is -0.379. The SMILES string of the molecule is CCCn1cc(N)cc1C(=O)NCCS(=O)(=O)N(C)C. The largest absolute Gasteiger partial charge is 0.397 e. The molecule has 114 valence electrons. The minimum Gasteiger partial charge on any atom is -0.397 e. The Morgan fingerprint density at radius 1 is 1.45 bits per heavy atom. The Kier molecular flexibility index (Phi) is 5.58.